The molecule has 0 aliphatic carbocycles. The van der Waals surface area contributed by atoms with Gasteiger partial charge < -0.3 is 10.1 Å². The van der Waals surface area contributed by atoms with E-state index in [0.29, 0.717) is 34.2 Å². The molecule has 0 radical (unpaired) electrons. The summed E-state index contributed by atoms with van der Waals surface area (Å²) in [5, 5.41) is 13.5. The monoisotopic (exact) mass is 534 g/mol. The Bertz CT molecular complexity index is 1500. The topological polar surface area (TPSA) is 62.1 Å². The van der Waals surface area contributed by atoms with Crippen LogP contribution >= 0.6 is 11.6 Å². The molecule has 0 unspecified atom stereocenters. The standard InChI is InChI=1S/C34H31ClN2O2/c1-34(2,3)32(29(22-36)27-16-14-25(15-17-27)20-24-10-6-4-7-11-24)37-33(38)28-18-19-31(30(35)21-28)39-23-26-12-8-5-9-13-26/h4-19,21H,20,23H2,1-3H3,(H,37,38)/b32-29-. The van der Waals surface area contributed by atoms with E-state index in [-0.39, 0.29) is 5.91 Å². The lowest BCUT2D eigenvalue weighted by molar-refractivity contribution is 0.0958. The Morgan fingerprint density at radius 1 is 0.821 bits per heavy atom. The minimum Gasteiger partial charge on any atom is -0.487 e. The Labute approximate surface area is 235 Å². The second-order valence-electron chi connectivity index (χ2n) is 10.3. The van der Waals surface area contributed by atoms with E-state index in [9.17, 15) is 10.1 Å². The number of hydrogen-bond donors (Lipinski definition) is 1. The average molecular weight is 535 g/mol. The minimum atomic E-state index is -0.494. The van der Waals surface area contributed by atoms with Gasteiger partial charge in [0.2, 0.25) is 0 Å². The summed E-state index contributed by atoms with van der Waals surface area (Å²) in [6.45, 7) is 6.28. The molecule has 0 aliphatic rings. The van der Waals surface area contributed by atoms with E-state index in [4.69, 9.17) is 16.3 Å². The summed E-state index contributed by atoms with van der Waals surface area (Å²) in [6.07, 6.45) is 0.807. The van der Waals surface area contributed by atoms with Crippen LogP contribution in [0, 0.1) is 16.7 Å². The van der Waals surface area contributed by atoms with Gasteiger partial charge in [0.05, 0.1) is 10.6 Å². The number of halogens is 1. The Balaban J connectivity index is 1.54. The molecule has 0 aliphatic heterocycles. The molecule has 4 aromatic carbocycles. The molecular weight excluding hydrogens is 504 g/mol. The SMILES string of the molecule is CC(C)(C)/C(NC(=O)c1ccc(OCc2ccccc2)c(Cl)c1)=C(\C#N)c1ccc(Cc2ccccc2)cc1. The number of hydrogen-bond acceptors (Lipinski definition) is 3. The molecule has 0 aromatic heterocycles. The zero-order valence-corrected chi connectivity index (χ0v) is 23.1. The normalized spacial score (nSPS) is 11.8. The third kappa shape index (κ3) is 7.37. The van der Waals surface area contributed by atoms with Crippen molar-refractivity contribution in [2.24, 2.45) is 5.41 Å². The molecule has 1 amide bonds. The molecule has 4 aromatic rings. The number of nitrogens with zero attached hydrogens (tertiary/aromatic N) is 1. The van der Waals surface area contributed by atoms with Crippen molar-refractivity contribution in [3.63, 3.8) is 0 Å². The maximum Gasteiger partial charge on any atom is 0.255 e. The van der Waals surface area contributed by atoms with Crippen LogP contribution in [0.15, 0.2) is 109 Å². The summed E-state index contributed by atoms with van der Waals surface area (Å²) in [7, 11) is 0. The summed E-state index contributed by atoms with van der Waals surface area (Å²) in [5.74, 6) is 0.154. The third-order valence-electron chi connectivity index (χ3n) is 6.28. The van der Waals surface area contributed by atoms with Crippen molar-refractivity contribution in [1.82, 2.24) is 5.32 Å². The summed E-state index contributed by atoms with van der Waals surface area (Å²) in [6, 6.07) is 35.2. The number of ether oxygens (including phenoxy) is 1. The quantitative estimate of drug-likeness (QED) is 0.232. The lowest BCUT2D eigenvalue weighted by Crippen LogP contribution is -2.31. The van der Waals surface area contributed by atoms with Gasteiger partial charge in [-0.05, 0) is 46.9 Å². The number of nitriles is 1. The van der Waals surface area contributed by atoms with E-state index >= 15 is 0 Å². The number of nitrogens with one attached hydrogen (secondary N) is 1. The first kappa shape index (κ1) is 27.7. The molecule has 4 nitrogen and oxygen atoms in total. The second-order valence-corrected chi connectivity index (χ2v) is 10.8. The van der Waals surface area contributed by atoms with Gasteiger partial charge in [0.1, 0.15) is 18.4 Å². The highest BCUT2D eigenvalue weighted by Crippen LogP contribution is 2.32. The predicted octanol–water partition coefficient (Wildman–Crippen LogP) is 8.22. The van der Waals surface area contributed by atoms with E-state index in [1.807, 2.05) is 93.6 Å². The molecule has 39 heavy (non-hydrogen) atoms. The van der Waals surface area contributed by atoms with Crippen LogP contribution in [-0.2, 0) is 13.0 Å². The van der Waals surface area contributed by atoms with Gasteiger partial charge in [0.15, 0.2) is 0 Å². The predicted molar refractivity (Wildman–Crippen MR) is 157 cm³/mol. The summed E-state index contributed by atoms with van der Waals surface area (Å²) in [5.41, 5.74) is 5.00. The molecule has 0 spiro atoms. The fraction of sp³-hybridized carbons (Fsp3) is 0.176. The minimum absolute atomic E-state index is 0.342. The summed E-state index contributed by atoms with van der Waals surface area (Å²) < 4.78 is 5.84. The fourth-order valence-corrected chi connectivity index (χ4v) is 4.43. The Morgan fingerprint density at radius 3 is 1.95 bits per heavy atom. The first-order valence-electron chi connectivity index (χ1n) is 12.8. The van der Waals surface area contributed by atoms with Crippen LogP contribution < -0.4 is 10.1 Å². The fourth-order valence-electron chi connectivity index (χ4n) is 4.19. The van der Waals surface area contributed by atoms with Crippen LogP contribution in [0.3, 0.4) is 0 Å². The Hall–Kier alpha value is -4.33. The van der Waals surface area contributed by atoms with E-state index < -0.39 is 5.41 Å². The molecule has 196 valence electrons. The van der Waals surface area contributed by atoms with Crippen molar-refractivity contribution < 1.29 is 9.53 Å². The van der Waals surface area contributed by atoms with E-state index in [2.05, 4.69) is 23.5 Å². The van der Waals surface area contributed by atoms with Crippen LogP contribution in [-0.4, -0.2) is 5.91 Å². The van der Waals surface area contributed by atoms with Gasteiger partial charge in [-0.1, -0.05) is 117 Å². The molecule has 0 fully saturated rings. The molecule has 1 N–H and O–H groups in total. The highest BCUT2D eigenvalue weighted by atomic mass is 35.5. The highest BCUT2D eigenvalue weighted by Gasteiger charge is 2.25. The van der Waals surface area contributed by atoms with Crippen LogP contribution in [0.4, 0.5) is 0 Å². The summed E-state index contributed by atoms with van der Waals surface area (Å²) >= 11 is 6.46. The highest BCUT2D eigenvalue weighted by molar-refractivity contribution is 6.32. The molecule has 4 rings (SSSR count). The first-order chi connectivity index (χ1) is 18.7. The van der Waals surface area contributed by atoms with Gasteiger partial charge in [0.25, 0.3) is 5.91 Å². The van der Waals surface area contributed by atoms with E-state index in [1.165, 1.54) is 5.56 Å². The second kappa shape index (κ2) is 12.5. The Kier molecular flexibility index (Phi) is 8.86. The number of amides is 1. The van der Waals surface area contributed by atoms with Gasteiger partial charge in [-0.2, -0.15) is 5.26 Å². The van der Waals surface area contributed by atoms with Crippen molar-refractivity contribution in [3.8, 4) is 11.8 Å². The number of carbonyl (C=O) groups is 1. The maximum atomic E-state index is 13.3. The number of carbonyl (C=O) groups excluding carboxylic acids is 1. The van der Waals surface area contributed by atoms with Crippen LogP contribution in [0.1, 0.15) is 53.4 Å². The Morgan fingerprint density at radius 2 is 1.38 bits per heavy atom. The van der Waals surface area contributed by atoms with E-state index in [1.54, 1.807) is 18.2 Å². The van der Waals surface area contributed by atoms with Crippen LogP contribution in [0.25, 0.3) is 5.57 Å². The van der Waals surface area contributed by atoms with Crippen molar-refractivity contribution in [3.05, 3.63) is 142 Å². The molecule has 0 saturated heterocycles. The molecule has 0 saturated carbocycles. The molecule has 0 atom stereocenters. The molecule has 0 bridgehead atoms. The zero-order valence-electron chi connectivity index (χ0n) is 22.4. The molecular formula is C34H31ClN2O2. The van der Waals surface area contributed by atoms with Gasteiger partial charge in [-0.25, -0.2) is 0 Å². The van der Waals surface area contributed by atoms with Gasteiger partial charge in [-0.15, -0.1) is 0 Å². The van der Waals surface area contributed by atoms with Gasteiger partial charge >= 0.3 is 0 Å². The van der Waals surface area contributed by atoms with Gasteiger partial charge in [-0.3, -0.25) is 4.79 Å². The van der Waals surface area contributed by atoms with Crippen molar-refractivity contribution in [2.75, 3.05) is 0 Å². The zero-order chi connectivity index (χ0) is 27.8. The number of rotatable bonds is 8. The van der Waals surface area contributed by atoms with Crippen LogP contribution in [0.5, 0.6) is 5.75 Å². The lowest BCUT2D eigenvalue weighted by atomic mass is 9.86. The lowest BCUT2D eigenvalue weighted by Gasteiger charge is -2.25. The largest absolute Gasteiger partial charge is 0.487 e. The van der Waals surface area contributed by atoms with Crippen molar-refractivity contribution in [2.45, 2.75) is 33.8 Å². The maximum absolute atomic E-state index is 13.3. The molecule has 5 heteroatoms. The summed E-state index contributed by atoms with van der Waals surface area (Å²) in [4.78, 5) is 13.3. The number of benzene rings is 4. The van der Waals surface area contributed by atoms with E-state index in [0.717, 1.165) is 23.1 Å². The smallest absolute Gasteiger partial charge is 0.255 e. The van der Waals surface area contributed by atoms with Crippen molar-refractivity contribution in [1.29, 1.82) is 5.26 Å². The van der Waals surface area contributed by atoms with Crippen molar-refractivity contribution >= 4 is 23.1 Å². The number of allylic oxidation sites excluding steroid dienone is 2. The average Bonchev–Trinajstić information content (AvgIpc) is 2.93. The molecule has 0 heterocycles. The van der Waals surface area contributed by atoms with Crippen LogP contribution in [0.2, 0.25) is 5.02 Å². The van der Waals surface area contributed by atoms with Gasteiger partial charge in [0, 0.05) is 16.7 Å². The first-order valence-corrected chi connectivity index (χ1v) is 13.2. The third-order valence-corrected chi connectivity index (χ3v) is 6.57.